The molecule has 0 spiro atoms. The molecule has 3 fully saturated rings. The van der Waals surface area contributed by atoms with Gasteiger partial charge in [0.2, 0.25) is 0 Å². The van der Waals surface area contributed by atoms with E-state index in [9.17, 15) is 0 Å². The van der Waals surface area contributed by atoms with Crippen LogP contribution in [-0.2, 0) is 0 Å². The minimum absolute atomic E-state index is 0.823. The average Bonchev–Trinajstić information content (AvgIpc) is 2.41. The number of rotatable bonds is 0. The summed E-state index contributed by atoms with van der Waals surface area (Å²) in [5.74, 6) is 0. The van der Waals surface area contributed by atoms with Gasteiger partial charge in [0.25, 0.3) is 0 Å². The highest BCUT2D eigenvalue weighted by atomic mass is 15.2. The second kappa shape index (κ2) is 1.74. The molecule has 3 rings (SSSR count). The molecule has 56 valence electrons. The van der Waals surface area contributed by atoms with E-state index in [4.69, 9.17) is 0 Å². The van der Waals surface area contributed by atoms with Crippen molar-refractivity contribution < 1.29 is 0 Å². The van der Waals surface area contributed by atoms with Crippen molar-refractivity contribution in [3.05, 3.63) is 0 Å². The smallest absolute Gasteiger partial charge is 0.0225 e. The van der Waals surface area contributed by atoms with E-state index in [0.29, 0.717) is 0 Å². The van der Waals surface area contributed by atoms with Crippen LogP contribution in [0.25, 0.3) is 0 Å². The standard InChI is InChI=1S/C8H14N2/c1-2-6-8-4-3-7(10-8)5(1)9-6/h5-10H,1-4H2/t5-,6+,7-,8+. The van der Waals surface area contributed by atoms with Crippen molar-refractivity contribution in [2.24, 2.45) is 0 Å². The molecule has 4 atom stereocenters. The van der Waals surface area contributed by atoms with Crippen LogP contribution in [0.2, 0.25) is 0 Å². The van der Waals surface area contributed by atoms with Gasteiger partial charge >= 0.3 is 0 Å². The largest absolute Gasteiger partial charge is 0.308 e. The molecule has 0 radical (unpaired) electrons. The molecule has 2 nitrogen and oxygen atoms in total. The second-order valence-corrected chi connectivity index (χ2v) is 3.91. The molecule has 3 aliphatic heterocycles. The van der Waals surface area contributed by atoms with E-state index >= 15 is 0 Å². The summed E-state index contributed by atoms with van der Waals surface area (Å²) < 4.78 is 0. The molecule has 4 bridgehead atoms. The van der Waals surface area contributed by atoms with Gasteiger partial charge in [-0.05, 0) is 25.7 Å². The molecule has 3 saturated heterocycles. The summed E-state index contributed by atoms with van der Waals surface area (Å²) in [6.45, 7) is 0. The first-order chi connectivity index (χ1) is 4.93. The Balaban J connectivity index is 1.94. The van der Waals surface area contributed by atoms with Crippen LogP contribution < -0.4 is 10.6 Å². The van der Waals surface area contributed by atoms with Crippen molar-refractivity contribution in [1.29, 1.82) is 0 Å². The van der Waals surface area contributed by atoms with Crippen molar-refractivity contribution in [3.8, 4) is 0 Å². The molecule has 2 heteroatoms. The maximum absolute atomic E-state index is 3.69. The zero-order valence-electron chi connectivity index (χ0n) is 6.14. The lowest BCUT2D eigenvalue weighted by molar-refractivity contribution is 0.332. The summed E-state index contributed by atoms with van der Waals surface area (Å²) in [5.41, 5.74) is 0. The van der Waals surface area contributed by atoms with Crippen molar-refractivity contribution >= 4 is 0 Å². The second-order valence-electron chi connectivity index (χ2n) is 3.91. The molecule has 0 aromatic heterocycles. The molecule has 0 amide bonds. The maximum Gasteiger partial charge on any atom is 0.0225 e. The maximum atomic E-state index is 3.69. The highest BCUT2D eigenvalue weighted by Gasteiger charge is 2.44. The van der Waals surface area contributed by atoms with E-state index in [2.05, 4.69) is 10.6 Å². The van der Waals surface area contributed by atoms with Crippen LogP contribution in [0.5, 0.6) is 0 Å². The SMILES string of the molecule is C1C[C@H]2N[C@@H]1[C@@H]1CC[C@H]2N1. The van der Waals surface area contributed by atoms with Gasteiger partial charge in [0.15, 0.2) is 0 Å². The average molecular weight is 138 g/mol. The lowest BCUT2D eigenvalue weighted by Gasteiger charge is -2.29. The molecular formula is C8H14N2. The van der Waals surface area contributed by atoms with Gasteiger partial charge in [-0.25, -0.2) is 0 Å². The highest BCUT2D eigenvalue weighted by molar-refractivity contribution is 5.07. The Morgan fingerprint density at radius 3 is 1.20 bits per heavy atom. The predicted molar refractivity (Wildman–Crippen MR) is 39.9 cm³/mol. The van der Waals surface area contributed by atoms with Crippen LogP contribution in [0.4, 0.5) is 0 Å². The van der Waals surface area contributed by atoms with Crippen LogP contribution in [0.15, 0.2) is 0 Å². The van der Waals surface area contributed by atoms with Crippen molar-refractivity contribution in [2.45, 2.75) is 49.9 Å². The molecule has 0 aromatic rings. The Morgan fingerprint density at radius 1 is 0.600 bits per heavy atom. The fraction of sp³-hybridized carbons (Fsp3) is 1.00. The Kier molecular flexibility index (Phi) is 0.968. The van der Waals surface area contributed by atoms with Crippen molar-refractivity contribution in [2.75, 3.05) is 0 Å². The Morgan fingerprint density at radius 2 is 0.900 bits per heavy atom. The third-order valence-electron chi connectivity index (χ3n) is 3.41. The first-order valence-corrected chi connectivity index (χ1v) is 4.45. The van der Waals surface area contributed by atoms with Gasteiger partial charge < -0.3 is 10.6 Å². The quantitative estimate of drug-likeness (QED) is 0.501. The summed E-state index contributed by atoms with van der Waals surface area (Å²) in [6.07, 6.45) is 5.66. The molecule has 0 unspecified atom stereocenters. The van der Waals surface area contributed by atoms with E-state index in [1.165, 1.54) is 25.7 Å². The Bertz CT molecular complexity index is 123. The van der Waals surface area contributed by atoms with Gasteiger partial charge in [-0.3, -0.25) is 0 Å². The fourth-order valence-corrected chi connectivity index (χ4v) is 2.87. The van der Waals surface area contributed by atoms with Gasteiger partial charge in [-0.2, -0.15) is 0 Å². The first kappa shape index (κ1) is 5.56. The molecule has 10 heavy (non-hydrogen) atoms. The number of hydrogen-bond acceptors (Lipinski definition) is 2. The highest BCUT2D eigenvalue weighted by Crippen LogP contribution is 2.32. The molecule has 3 heterocycles. The van der Waals surface area contributed by atoms with E-state index < -0.39 is 0 Å². The van der Waals surface area contributed by atoms with Crippen LogP contribution in [0.1, 0.15) is 25.7 Å². The zero-order valence-corrected chi connectivity index (χ0v) is 6.14. The Labute approximate surface area is 61.4 Å². The summed E-state index contributed by atoms with van der Waals surface area (Å²) >= 11 is 0. The monoisotopic (exact) mass is 138 g/mol. The fourth-order valence-electron chi connectivity index (χ4n) is 2.87. The van der Waals surface area contributed by atoms with Crippen LogP contribution in [-0.4, -0.2) is 24.2 Å². The van der Waals surface area contributed by atoms with Gasteiger partial charge in [-0.1, -0.05) is 0 Å². The summed E-state index contributed by atoms with van der Waals surface area (Å²) in [6, 6.07) is 3.29. The molecule has 2 N–H and O–H groups in total. The number of piperazine rings is 1. The van der Waals surface area contributed by atoms with E-state index in [-0.39, 0.29) is 0 Å². The van der Waals surface area contributed by atoms with Gasteiger partial charge in [0, 0.05) is 24.2 Å². The lowest BCUT2D eigenvalue weighted by atomic mass is 10.0. The Hall–Kier alpha value is -0.0800. The van der Waals surface area contributed by atoms with Gasteiger partial charge in [0.1, 0.15) is 0 Å². The third kappa shape index (κ3) is 0.565. The molecule has 3 aliphatic rings. The van der Waals surface area contributed by atoms with Crippen molar-refractivity contribution in [1.82, 2.24) is 10.6 Å². The van der Waals surface area contributed by atoms with E-state index in [1.807, 2.05) is 0 Å². The number of hydrogen-bond donors (Lipinski definition) is 2. The topological polar surface area (TPSA) is 24.1 Å². The summed E-state index contributed by atoms with van der Waals surface area (Å²) in [5, 5.41) is 7.38. The first-order valence-electron chi connectivity index (χ1n) is 4.45. The van der Waals surface area contributed by atoms with Crippen LogP contribution in [0.3, 0.4) is 0 Å². The third-order valence-corrected chi connectivity index (χ3v) is 3.41. The van der Waals surface area contributed by atoms with Gasteiger partial charge in [0.05, 0.1) is 0 Å². The van der Waals surface area contributed by atoms with Crippen LogP contribution in [0, 0.1) is 0 Å². The molecule has 0 saturated carbocycles. The van der Waals surface area contributed by atoms with Crippen molar-refractivity contribution in [3.63, 3.8) is 0 Å². The molecule has 0 aromatic carbocycles. The predicted octanol–water partition coefficient (Wildman–Crippen LogP) is 0.241. The molecule has 0 aliphatic carbocycles. The zero-order chi connectivity index (χ0) is 6.55. The summed E-state index contributed by atoms with van der Waals surface area (Å²) in [4.78, 5) is 0. The minimum atomic E-state index is 0.823. The van der Waals surface area contributed by atoms with Crippen LogP contribution >= 0.6 is 0 Å². The van der Waals surface area contributed by atoms with E-state index in [0.717, 1.165) is 24.2 Å². The van der Waals surface area contributed by atoms with Gasteiger partial charge in [-0.15, -0.1) is 0 Å². The number of fused-ring (bicyclic) bond motifs is 6. The normalized spacial score (nSPS) is 57.6. The summed E-state index contributed by atoms with van der Waals surface area (Å²) in [7, 11) is 0. The van der Waals surface area contributed by atoms with E-state index in [1.54, 1.807) is 0 Å². The minimum Gasteiger partial charge on any atom is -0.308 e. The number of nitrogens with one attached hydrogen (secondary N) is 2. The molecular weight excluding hydrogens is 124 g/mol. The lowest BCUT2D eigenvalue weighted by Crippen LogP contribution is -2.56.